The molecular formula is C21H24N8O. The van der Waals surface area contributed by atoms with Crippen LogP contribution in [-0.2, 0) is 7.05 Å². The number of rotatable bonds is 5. The Morgan fingerprint density at radius 2 is 2.20 bits per heavy atom. The lowest BCUT2D eigenvalue weighted by Gasteiger charge is -2.24. The Labute approximate surface area is 174 Å². The molecule has 1 fully saturated rings. The molecule has 0 saturated carbocycles. The van der Waals surface area contributed by atoms with Crippen molar-refractivity contribution < 1.29 is 4.74 Å². The van der Waals surface area contributed by atoms with Gasteiger partial charge in [-0.1, -0.05) is 6.07 Å². The Hall–Kier alpha value is -3.46. The van der Waals surface area contributed by atoms with Gasteiger partial charge in [0, 0.05) is 37.5 Å². The maximum absolute atomic E-state index is 5.55. The van der Waals surface area contributed by atoms with Crippen molar-refractivity contribution in [2.75, 3.05) is 25.5 Å². The van der Waals surface area contributed by atoms with Crippen LogP contribution in [0.1, 0.15) is 12.8 Å². The van der Waals surface area contributed by atoms with E-state index in [0.717, 1.165) is 42.3 Å². The first-order valence-corrected chi connectivity index (χ1v) is 10.1. The molecule has 0 bridgehead atoms. The summed E-state index contributed by atoms with van der Waals surface area (Å²) in [6.45, 7) is 2.04. The highest BCUT2D eigenvalue weighted by molar-refractivity contribution is 5.69. The zero-order valence-corrected chi connectivity index (χ0v) is 17.0. The largest absolute Gasteiger partial charge is 0.494 e. The highest BCUT2D eigenvalue weighted by Gasteiger charge is 2.17. The fourth-order valence-corrected chi connectivity index (χ4v) is 3.81. The number of ether oxygens (including phenoxy) is 1. The van der Waals surface area contributed by atoms with Gasteiger partial charge in [0.25, 0.3) is 0 Å². The quantitative estimate of drug-likeness (QED) is 0.527. The highest BCUT2D eigenvalue weighted by atomic mass is 16.5. The summed E-state index contributed by atoms with van der Waals surface area (Å²) >= 11 is 0. The molecule has 0 amide bonds. The number of aryl methyl sites for hydroxylation is 1. The number of nitrogens with one attached hydrogen (secondary N) is 2. The van der Waals surface area contributed by atoms with E-state index in [1.54, 1.807) is 28.7 Å². The molecule has 1 aliphatic rings. The molecule has 1 aliphatic heterocycles. The molecular weight excluding hydrogens is 380 g/mol. The first-order valence-electron chi connectivity index (χ1n) is 10.1. The first kappa shape index (κ1) is 18.6. The summed E-state index contributed by atoms with van der Waals surface area (Å²) < 4.78 is 9.10. The van der Waals surface area contributed by atoms with E-state index >= 15 is 0 Å². The topological polar surface area (TPSA) is 94.2 Å². The van der Waals surface area contributed by atoms with E-state index in [4.69, 9.17) is 14.8 Å². The molecule has 0 aromatic carbocycles. The first-order chi connectivity index (χ1) is 14.7. The molecule has 154 valence electrons. The molecule has 5 rings (SSSR count). The second-order valence-corrected chi connectivity index (χ2v) is 7.47. The lowest BCUT2D eigenvalue weighted by Crippen LogP contribution is -2.38. The van der Waals surface area contributed by atoms with Crippen molar-refractivity contribution in [1.82, 2.24) is 34.7 Å². The minimum Gasteiger partial charge on any atom is -0.494 e. The molecule has 0 unspecified atom stereocenters. The van der Waals surface area contributed by atoms with Gasteiger partial charge < -0.3 is 15.4 Å². The van der Waals surface area contributed by atoms with Crippen LogP contribution < -0.4 is 15.4 Å². The van der Waals surface area contributed by atoms with E-state index in [2.05, 4.69) is 20.7 Å². The summed E-state index contributed by atoms with van der Waals surface area (Å²) in [4.78, 5) is 9.34. The van der Waals surface area contributed by atoms with Gasteiger partial charge in [-0.2, -0.15) is 10.2 Å². The number of fused-ring (bicyclic) bond motifs is 1. The number of hydrogen-bond acceptors (Lipinski definition) is 7. The third kappa shape index (κ3) is 3.48. The summed E-state index contributed by atoms with van der Waals surface area (Å²) in [6, 6.07) is 8.26. The van der Waals surface area contributed by atoms with Crippen LogP contribution in [0.3, 0.4) is 0 Å². The normalized spacial score (nSPS) is 16.7. The molecule has 0 aliphatic carbocycles. The van der Waals surface area contributed by atoms with Gasteiger partial charge in [0.2, 0.25) is 0 Å². The van der Waals surface area contributed by atoms with Crippen molar-refractivity contribution >= 4 is 11.5 Å². The van der Waals surface area contributed by atoms with Gasteiger partial charge in [0.05, 0.1) is 25.2 Å². The Morgan fingerprint density at radius 1 is 1.27 bits per heavy atom. The van der Waals surface area contributed by atoms with Crippen LogP contribution in [0, 0.1) is 0 Å². The van der Waals surface area contributed by atoms with Crippen LogP contribution >= 0.6 is 0 Å². The van der Waals surface area contributed by atoms with Crippen molar-refractivity contribution in [2.24, 2.45) is 7.05 Å². The number of piperidine rings is 1. The van der Waals surface area contributed by atoms with Gasteiger partial charge in [-0.25, -0.2) is 14.5 Å². The molecule has 0 radical (unpaired) electrons. The van der Waals surface area contributed by atoms with Crippen LogP contribution in [0.2, 0.25) is 0 Å². The Bertz CT molecular complexity index is 1170. The smallest absolute Gasteiger partial charge is 0.157 e. The molecule has 1 saturated heterocycles. The summed E-state index contributed by atoms with van der Waals surface area (Å²) in [5.41, 5.74) is 3.92. The van der Waals surface area contributed by atoms with Crippen LogP contribution in [0.4, 0.5) is 5.82 Å². The average Bonchev–Trinajstić information content (AvgIpc) is 3.39. The monoisotopic (exact) mass is 404 g/mol. The molecule has 4 aromatic heterocycles. The average molecular weight is 404 g/mol. The third-order valence-electron chi connectivity index (χ3n) is 5.32. The fourth-order valence-electron chi connectivity index (χ4n) is 3.81. The SMILES string of the molecule is COc1cc2ncc(-c3cccc(N[C@@H]4CCCNC4)n3)n2nc1-c1cnn(C)c1. The van der Waals surface area contributed by atoms with E-state index in [9.17, 15) is 0 Å². The van der Waals surface area contributed by atoms with Gasteiger partial charge in [0.1, 0.15) is 17.2 Å². The molecule has 2 N–H and O–H groups in total. The lowest BCUT2D eigenvalue weighted by atomic mass is 10.1. The Morgan fingerprint density at radius 3 is 2.97 bits per heavy atom. The van der Waals surface area contributed by atoms with Gasteiger partial charge in [-0.3, -0.25) is 4.68 Å². The molecule has 9 nitrogen and oxygen atoms in total. The van der Waals surface area contributed by atoms with Crippen molar-refractivity contribution in [3.63, 3.8) is 0 Å². The predicted octanol–water partition coefficient (Wildman–Crippen LogP) is 2.36. The number of aromatic nitrogens is 6. The second-order valence-electron chi connectivity index (χ2n) is 7.47. The Kier molecular flexibility index (Phi) is 4.80. The number of pyridine rings is 1. The Balaban J connectivity index is 1.54. The highest BCUT2D eigenvalue weighted by Crippen LogP contribution is 2.30. The molecule has 30 heavy (non-hydrogen) atoms. The van der Waals surface area contributed by atoms with Gasteiger partial charge in [-0.05, 0) is 31.5 Å². The van der Waals surface area contributed by atoms with Crippen LogP contribution in [-0.4, -0.2) is 55.6 Å². The second kappa shape index (κ2) is 7.75. The van der Waals surface area contributed by atoms with Gasteiger partial charge in [-0.15, -0.1) is 0 Å². The zero-order valence-electron chi connectivity index (χ0n) is 17.0. The van der Waals surface area contributed by atoms with Gasteiger partial charge in [0.15, 0.2) is 11.4 Å². The minimum atomic E-state index is 0.392. The van der Waals surface area contributed by atoms with E-state index in [1.807, 2.05) is 37.5 Å². The van der Waals surface area contributed by atoms with E-state index in [0.29, 0.717) is 23.1 Å². The van der Waals surface area contributed by atoms with E-state index in [-0.39, 0.29) is 0 Å². The van der Waals surface area contributed by atoms with E-state index in [1.165, 1.54) is 6.42 Å². The summed E-state index contributed by atoms with van der Waals surface area (Å²) in [5, 5.41) is 16.0. The van der Waals surface area contributed by atoms with Crippen LogP contribution in [0.25, 0.3) is 28.3 Å². The molecule has 1 atom stereocenters. The molecule has 4 aromatic rings. The van der Waals surface area contributed by atoms with E-state index < -0.39 is 0 Å². The lowest BCUT2D eigenvalue weighted by molar-refractivity contribution is 0.414. The van der Waals surface area contributed by atoms with Crippen LogP contribution in [0.15, 0.2) is 42.9 Å². The number of anilines is 1. The molecule has 5 heterocycles. The maximum atomic E-state index is 5.55. The summed E-state index contributed by atoms with van der Waals surface area (Å²) in [6.07, 6.45) is 7.80. The molecule has 9 heteroatoms. The third-order valence-corrected chi connectivity index (χ3v) is 5.32. The number of hydrogen-bond donors (Lipinski definition) is 2. The number of nitrogens with zero attached hydrogens (tertiary/aromatic N) is 6. The zero-order chi connectivity index (χ0) is 20.5. The van der Waals surface area contributed by atoms with Crippen molar-refractivity contribution in [3.05, 3.63) is 42.9 Å². The van der Waals surface area contributed by atoms with Crippen molar-refractivity contribution in [1.29, 1.82) is 0 Å². The van der Waals surface area contributed by atoms with Crippen LogP contribution in [0.5, 0.6) is 5.75 Å². The predicted molar refractivity (Wildman–Crippen MR) is 114 cm³/mol. The summed E-state index contributed by atoms with van der Waals surface area (Å²) in [7, 11) is 3.51. The molecule has 0 spiro atoms. The minimum absolute atomic E-state index is 0.392. The maximum Gasteiger partial charge on any atom is 0.157 e. The van der Waals surface area contributed by atoms with Crippen molar-refractivity contribution in [2.45, 2.75) is 18.9 Å². The summed E-state index contributed by atoms with van der Waals surface area (Å²) in [5.74, 6) is 1.51. The van der Waals surface area contributed by atoms with Crippen molar-refractivity contribution in [3.8, 4) is 28.4 Å². The number of imidazole rings is 1. The van der Waals surface area contributed by atoms with Gasteiger partial charge >= 0.3 is 0 Å². The standard InChI is InChI=1S/C21H24N8O/c1-28-13-14(10-24-28)21-18(30-2)9-20-23-12-17(29(20)27-21)16-6-3-7-19(26-16)25-15-5-4-8-22-11-15/h3,6-7,9-10,12-13,15,22H,4-5,8,11H2,1-2H3,(H,25,26)/t15-/m1/s1. The fraction of sp³-hybridized carbons (Fsp3) is 0.333. The number of methoxy groups -OCH3 is 1.